The Hall–Kier alpha value is -1.75. The Morgan fingerprint density at radius 1 is 1.17 bits per heavy atom. The van der Waals surface area contributed by atoms with Crippen molar-refractivity contribution in [3.63, 3.8) is 0 Å². The number of carbonyl (C=O) groups excluding carboxylic acids is 2. The lowest BCUT2D eigenvalue weighted by Gasteiger charge is -2.06. The third kappa shape index (κ3) is 5.05. The van der Waals surface area contributed by atoms with E-state index in [1.54, 1.807) is 7.11 Å². The highest BCUT2D eigenvalue weighted by atomic mass is 35.5. The molecule has 0 aliphatic rings. The van der Waals surface area contributed by atoms with E-state index >= 15 is 0 Å². The Balaban J connectivity index is 2.31. The minimum Gasteiger partial charge on any atom is -0.497 e. The predicted octanol–water partition coefficient (Wildman–Crippen LogP) is 1.01. The number of rotatable bonds is 5. The van der Waals surface area contributed by atoms with E-state index in [1.165, 1.54) is 0 Å². The second-order valence-corrected chi connectivity index (χ2v) is 3.85. The Kier molecular flexibility index (Phi) is 6.00. The number of benzene rings is 1. The molecule has 2 N–H and O–H groups in total. The van der Waals surface area contributed by atoms with Gasteiger partial charge in [-0.25, -0.2) is 0 Å². The molecule has 0 heterocycles. The molecule has 0 aliphatic carbocycles. The van der Waals surface area contributed by atoms with Crippen LogP contribution in [0.4, 0.5) is 0 Å². The highest BCUT2D eigenvalue weighted by Crippen LogP contribution is 2.12. The van der Waals surface area contributed by atoms with E-state index in [0.29, 0.717) is 6.42 Å². The van der Waals surface area contributed by atoms with Gasteiger partial charge in [0.2, 0.25) is 5.91 Å². The maximum atomic E-state index is 11.4. The summed E-state index contributed by atoms with van der Waals surface area (Å²) in [5.74, 6) is -0.102. The van der Waals surface area contributed by atoms with Crippen LogP contribution >= 0.6 is 11.6 Å². The summed E-state index contributed by atoms with van der Waals surface area (Å²) in [7, 11) is 1.60. The second kappa shape index (κ2) is 7.55. The van der Waals surface area contributed by atoms with Gasteiger partial charge in [0.1, 0.15) is 11.6 Å². The molecule has 0 radical (unpaired) electrons. The van der Waals surface area contributed by atoms with Gasteiger partial charge in [0, 0.05) is 6.42 Å². The van der Waals surface area contributed by atoms with Crippen molar-refractivity contribution in [1.82, 2.24) is 10.9 Å². The third-order valence-electron chi connectivity index (χ3n) is 2.26. The Bertz CT molecular complexity index is 406. The van der Waals surface area contributed by atoms with Crippen molar-refractivity contribution in [2.45, 2.75) is 12.8 Å². The van der Waals surface area contributed by atoms with Crippen molar-refractivity contribution < 1.29 is 14.3 Å². The van der Waals surface area contributed by atoms with Gasteiger partial charge in [0.05, 0.1) is 7.11 Å². The molecule has 0 unspecified atom stereocenters. The fourth-order valence-electron chi connectivity index (χ4n) is 1.29. The molecule has 1 rings (SSSR count). The number of hydrogen-bond acceptors (Lipinski definition) is 3. The number of alkyl halides is 1. The Morgan fingerprint density at radius 2 is 1.78 bits per heavy atom. The monoisotopic (exact) mass is 270 g/mol. The van der Waals surface area contributed by atoms with Gasteiger partial charge >= 0.3 is 0 Å². The summed E-state index contributed by atoms with van der Waals surface area (Å²) < 4.78 is 5.03. The molecule has 2 amide bonds. The van der Waals surface area contributed by atoms with Crippen molar-refractivity contribution in [2.24, 2.45) is 0 Å². The van der Waals surface area contributed by atoms with Gasteiger partial charge in [-0.1, -0.05) is 12.1 Å². The van der Waals surface area contributed by atoms with Crippen molar-refractivity contribution >= 4 is 23.4 Å². The molecule has 0 atom stereocenters. The summed E-state index contributed by atoms with van der Waals surface area (Å²) in [5, 5.41) is 0. The molecular weight excluding hydrogens is 256 g/mol. The Labute approximate surface area is 110 Å². The van der Waals surface area contributed by atoms with Crippen LogP contribution in [0.3, 0.4) is 0 Å². The molecule has 0 aliphatic heterocycles. The lowest BCUT2D eigenvalue weighted by atomic mass is 10.1. The molecule has 6 heteroatoms. The van der Waals surface area contributed by atoms with E-state index in [9.17, 15) is 9.59 Å². The highest BCUT2D eigenvalue weighted by Gasteiger charge is 2.04. The average molecular weight is 271 g/mol. The molecule has 0 aromatic heterocycles. The summed E-state index contributed by atoms with van der Waals surface area (Å²) in [6.07, 6.45) is 0.876. The maximum Gasteiger partial charge on any atom is 0.253 e. The number of amides is 2. The fraction of sp³-hybridized carbons (Fsp3) is 0.333. The van der Waals surface area contributed by atoms with Crippen LogP contribution in [0.15, 0.2) is 24.3 Å². The molecular formula is C12H15ClN2O3. The first-order chi connectivity index (χ1) is 8.65. The maximum absolute atomic E-state index is 11.4. The molecule has 0 saturated heterocycles. The van der Waals surface area contributed by atoms with Gasteiger partial charge in [-0.05, 0) is 24.1 Å². The van der Waals surface area contributed by atoms with Crippen molar-refractivity contribution in [3.05, 3.63) is 29.8 Å². The van der Waals surface area contributed by atoms with Crippen LogP contribution in [0, 0.1) is 0 Å². The smallest absolute Gasteiger partial charge is 0.253 e. The van der Waals surface area contributed by atoms with Crippen LogP contribution < -0.4 is 15.6 Å². The number of methoxy groups -OCH3 is 1. The summed E-state index contributed by atoms with van der Waals surface area (Å²) in [6.45, 7) is 0. The van der Waals surface area contributed by atoms with Crippen LogP contribution in [-0.4, -0.2) is 24.8 Å². The van der Waals surface area contributed by atoms with Crippen molar-refractivity contribution in [2.75, 3.05) is 13.0 Å². The minimum absolute atomic E-state index is 0.182. The van der Waals surface area contributed by atoms with E-state index in [1.807, 2.05) is 24.3 Å². The zero-order valence-corrected chi connectivity index (χ0v) is 10.8. The normalized spacial score (nSPS) is 9.67. The number of aryl methyl sites for hydroxylation is 1. The predicted molar refractivity (Wildman–Crippen MR) is 68.3 cm³/mol. The van der Waals surface area contributed by atoms with Gasteiger partial charge in [-0.2, -0.15) is 0 Å². The first-order valence-electron chi connectivity index (χ1n) is 5.42. The molecule has 0 saturated carbocycles. The molecule has 0 bridgehead atoms. The summed E-state index contributed by atoms with van der Waals surface area (Å²) in [6, 6.07) is 7.46. The molecule has 1 aromatic rings. The number of carbonyl (C=O) groups is 2. The first-order valence-corrected chi connectivity index (χ1v) is 5.95. The van der Waals surface area contributed by atoms with Crippen molar-refractivity contribution in [1.29, 1.82) is 0 Å². The summed E-state index contributed by atoms with van der Waals surface area (Å²) in [5.41, 5.74) is 5.50. The van der Waals surface area contributed by atoms with Crippen LogP contribution in [0.1, 0.15) is 12.0 Å². The van der Waals surface area contributed by atoms with E-state index in [0.717, 1.165) is 11.3 Å². The molecule has 0 fully saturated rings. The number of ether oxygens (including phenoxy) is 1. The SMILES string of the molecule is COc1ccc(CCC(=O)NNC(=O)CCl)cc1. The van der Waals surface area contributed by atoms with Gasteiger partial charge in [-0.15, -0.1) is 11.6 Å². The number of hydrazine groups is 1. The van der Waals surface area contributed by atoms with Crippen LogP contribution in [0.2, 0.25) is 0 Å². The van der Waals surface area contributed by atoms with Gasteiger partial charge < -0.3 is 4.74 Å². The topological polar surface area (TPSA) is 67.4 Å². The van der Waals surface area contributed by atoms with E-state index in [2.05, 4.69) is 10.9 Å². The lowest BCUT2D eigenvalue weighted by Crippen LogP contribution is -2.42. The molecule has 18 heavy (non-hydrogen) atoms. The van der Waals surface area contributed by atoms with E-state index < -0.39 is 5.91 Å². The van der Waals surface area contributed by atoms with E-state index in [-0.39, 0.29) is 18.2 Å². The Morgan fingerprint density at radius 3 is 2.33 bits per heavy atom. The zero-order chi connectivity index (χ0) is 13.4. The molecule has 98 valence electrons. The highest BCUT2D eigenvalue weighted by molar-refractivity contribution is 6.27. The van der Waals surface area contributed by atoms with Crippen LogP contribution in [0.5, 0.6) is 5.75 Å². The molecule has 1 aromatic carbocycles. The van der Waals surface area contributed by atoms with Crippen LogP contribution in [0.25, 0.3) is 0 Å². The standard InChI is InChI=1S/C12H15ClN2O3/c1-18-10-5-2-9(3-6-10)4-7-11(16)14-15-12(17)8-13/h2-3,5-6H,4,7-8H2,1H3,(H,14,16)(H,15,17). The first kappa shape index (κ1) is 14.3. The molecule has 5 nitrogen and oxygen atoms in total. The fourth-order valence-corrected chi connectivity index (χ4v) is 1.35. The lowest BCUT2D eigenvalue weighted by molar-refractivity contribution is -0.127. The number of halogens is 1. The molecule has 0 spiro atoms. The quantitative estimate of drug-likeness (QED) is 0.620. The number of hydrogen-bond donors (Lipinski definition) is 2. The minimum atomic E-state index is -0.436. The summed E-state index contributed by atoms with van der Waals surface area (Å²) >= 11 is 5.26. The summed E-state index contributed by atoms with van der Waals surface area (Å²) in [4.78, 5) is 22.2. The van der Waals surface area contributed by atoms with Gasteiger partial charge in [0.25, 0.3) is 5.91 Å². The largest absolute Gasteiger partial charge is 0.497 e. The van der Waals surface area contributed by atoms with Crippen molar-refractivity contribution in [3.8, 4) is 5.75 Å². The van der Waals surface area contributed by atoms with Gasteiger partial charge in [-0.3, -0.25) is 20.4 Å². The number of nitrogens with one attached hydrogen (secondary N) is 2. The average Bonchev–Trinajstić information content (AvgIpc) is 2.42. The zero-order valence-electron chi connectivity index (χ0n) is 10.0. The third-order valence-corrected chi connectivity index (χ3v) is 2.51. The van der Waals surface area contributed by atoms with Gasteiger partial charge in [0.15, 0.2) is 0 Å². The van der Waals surface area contributed by atoms with E-state index in [4.69, 9.17) is 16.3 Å². The second-order valence-electron chi connectivity index (χ2n) is 3.58. The van der Waals surface area contributed by atoms with Crippen LogP contribution in [-0.2, 0) is 16.0 Å².